The number of carboxylic acids is 1. The van der Waals surface area contributed by atoms with Crippen LogP contribution in [0, 0.1) is 12.8 Å². The van der Waals surface area contributed by atoms with Crippen LogP contribution in [0.15, 0.2) is 18.2 Å². The number of carboxylic acid groups (broad SMARTS) is 1. The molecule has 25 heavy (non-hydrogen) atoms. The van der Waals surface area contributed by atoms with E-state index in [4.69, 9.17) is 14.6 Å². The first kappa shape index (κ1) is 18.2. The number of nitrogens with zero attached hydrogens (tertiary/aromatic N) is 1. The Bertz CT molecular complexity index is 583. The van der Waals surface area contributed by atoms with Gasteiger partial charge in [-0.05, 0) is 48.9 Å². The molecule has 1 saturated carbocycles. The lowest BCUT2D eigenvalue weighted by atomic mass is 10.0. The first-order chi connectivity index (χ1) is 12.1. The monoisotopic (exact) mass is 347 g/mol. The van der Waals surface area contributed by atoms with Crippen molar-refractivity contribution < 1.29 is 19.4 Å². The summed E-state index contributed by atoms with van der Waals surface area (Å²) in [6.45, 7) is 5.68. The SMILES string of the molecule is Cc1cc(OCC2CCCC2)ccc1[C@H]1CN(CCC(=O)O)CCO1. The molecule has 5 nitrogen and oxygen atoms in total. The Morgan fingerprint density at radius 1 is 1.36 bits per heavy atom. The fourth-order valence-electron chi connectivity index (χ4n) is 3.84. The maximum absolute atomic E-state index is 10.8. The molecule has 0 bridgehead atoms. The molecule has 0 amide bonds. The van der Waals surface area contributed by atoms with Gasteiger partial charge in [-0.3, -0.25) is 9.69 Å². The van der Waals surface area contributed by atoms with E-state index in [2.05, 4.69) is 24.0 Å². The Labute approximate surface area is 149 Å². The van der Waals surface area contributed by atoms with Gasteiger partial charge in [0.05, 0.1) is 25.7 Å². The maximum atomic E-state index is 10.8. The summed E-state index contributed by atoms with van der Waals surface area (Å²) < 4.78 is 11.9. The fraction of sp³-hybridized carbons (Fsp3) is 0.650. The number of hydrogen-bond acceptors (Lipinski definition) is 4. The molecular formula is C20H29NO4. The number of aryl methyl sites for hydroxylation is 1. The molecule has 2 fully saturated rings. The molecule has 0 radical (unpaired) electrons. The van der Waals surface area contributed by atoms with Gasteiger partial charge in [-0.2, -0.15) is 0 Å². The predicted octanol–water partition coefficient (Wildman–Crippen LogP) is 3.41. The first-order valence-corrected chi connectivity index (χ1v) is 9.41. The average Bonchev–Trinajstić information content (AvgIpc) is 3.12. The minimum atomic E-state index is -0.747. The van der Waals surface area contributed by atoms with Crippen molar-refractivity contribution in [3.05, 3.63) is 29.3 Å². The Kier molecular flexibility index (Phi) is 6.32. The highest BCUT2D eigenvalue weighted by atomic mass is 16.5. The molecule has 1 aliphatic heterocycles. The van der Waals surface area contributed by atoms with Crippen LogP contribution in [-0.4, -0.2) is 48.8 Å². The normalized spacial score (nSPS) is 22.2. The predicted molar refractivity (Wildman–Crippen MR) is 96.0 cm³/mol. The van der Waals surface area contributed by atoms with E-state index in [0.717, 1.165) is 25.4 Å². The van der Waals surface area contributed by atoms with Gasteiger partial charge < -0.3 is 14.6 Å². The Balaban J connectivity index is 1.56. The highest BCUT2D eigenvalue weighted by Gasteiger charge is 2.24. The van der Waals surface area contributed by atoms with Crippen LogP contribution in [-0.2, 0) is 9.53 Å². The van der Waals surface area contributed by atoms with Crippen LogP contribution < -0.4 is 4.74 Å². The minimum absolute atomic E-state index is 0.00595. The molecule has 1 atom stereocenters. The van der Waals surface area contributed by atoms with Crippen molar-refractivity contribution in [2.45, 2.75) is 45.1 Å². The van der Waals surface area contributed by atoms with E-state index in [1.165, 1.54) is 36.8 Å². The van der Waals surface area contributed by atoms with Crippen molar-refractivity contribution >= 4 is 5.97 Å². The lowest BCUT2D eigenvalue weighted by Gasteiger charge is -2.33. The molecule has 5 heteroatoms. The van der Waals surface area contributed by atoms with Crippen molar-refractivity contribution in [1.29, 1.82) is 0 Å². The number of ether oxygens (including phenoxy) is 2. The lowest BCUT2D eigenvalue weighted by molar-refractivity contribution is -0.137. The summed E-state index contributed by atoms with van der Waals surface area (Å²) in [5.74, 6) is 0.902. The van der Waals surface area contributed by atoms with Gasteiger partial charge in [0, 0.05) is 19.6 Å². The molecule has 3 rings (SSSR count). The number of aliphatic carboxylic acids is 1. The van der Waals surface area contributed by atoms with E-state index in [-0.39, 0.29) is 12.5 Å². The minimum Gasteiger partial charge on any atom is -0.493 e. The van der Waals surface area contributed by atoms with Gasteiger partial charge in [0.1, 0.15) is 5.75 Å². The summed E-state index contributed by atoms with van der Waals surface area (Å²) in [6.07, 6.45) is 5.44. The second-order valence-electron chi connectivity index (χ2n) is 7.28. The van der Waals surface area contributed by atoms with E-state index >= 15 is 0 Å². The number of benzene rings is 1. The van der Waals surface area contributed by atoms with Crippen LogP contribution in [0.2, 0.25) is 0 Å². The number of rotatable bonds is 7. The Hall–Kier alpha value is -1.59. The van der Waals surface area contributed by atoms with Crippen LogP contribution >= 0.6 is 0 Å². The Morgan fingerprint density at radius 3 is 2.88 bits per heavy atom. The van der Waals surface area contributed by atoms with Crippen molar-refractivity contribution in [2.24, 2.45) is 5.92 Å². The summed E-state index contributed by atoms with van der Waals surface area (Å²) in [5.41, 5.74) is 2.35. The molecule has 1 aliphatic carbocycles. The van der Waals surface area contributed by atoms with Crippen LogP contribution in [0.1, 0.15) is 49.3 Å². The number of morpholine rings is 1. The zero-order valence-corrected chi connectivity index (χ0v) is 15.1. The third-order valence-corrected chi connectivity index (χ3v) is 5.34. The summed E-state index contributed by atoms with van der Waals surface area (Å²) in [4.78, 5) is 12.9. The molecule has 1 aromatic carbocycles. The average molecular weight is 347 g/mol. The van der Waals surface area contributed by atoms with E-state index in [1.54, 1.807) is 0 Å². The molecule has 1 aromatic rings. The van der Waals surface area contributed by atoms with Crippen LogP contribution in [0.5, 0.6) is 5.75 Å². The standard InChI is InChI=1S/C20H29NO4/c1-15-12-17(25-14-16-4-2-3-5-16)6-7-18(15)19-13-21(10-11-24-19)9-8-20(22)23/h6-7,12,16,19H,2-5,8-11,13-14H2,1H3,(H,22,23)/t19-/m1/s1. The van der Waals surface area contributed by atoms with Gasteiger partial charge in [-0.25, -0.2) is 0 Å². The van der Waals surface area contributed by atoms with E-state index in [9.17, 15) is 4.79 Å². The van der Waals surface area contributed by atoms with Gasteiger partial charge in [-0.15, -0.1) is 0 Å². The molecule has 1 saturated heterocycles. The molecule has 1 N–H and O–H groups in total. The van der Waals surface area contributed by atoms with E-state index in [0.29, 0.717) is 19.1 Å². The summed E-state index contributed by atoms with van der Waals surface area (Å²) in [5, 5.41) is 8.86. The summed E-state index contributed by atoms with van der Waals surface area (Å²) >= 11 is 0. The van der Waals surface area contributed by atoms with E-state index < -0.39 is 5.97 Å². The van der Waals surface area contributed by atoms with E-state index in [1.807, 2.05) is 6.07 Å². The second kappa shape index (κ2) is 8.68. The zero-order chi connectivity index (χ0) is 17.6. The topological polar surface area (TPSA) is 59.0 Å². The molecule has 0 spiro atoms. The van der Waals surface area contributed by atoms with Gasteiger partial charge in [0.25, 0.3) is 0 Å². The lowest BCUT2D eigenvalue weighted by Crippen LogP contribution is -2.39. The van der Waals surface area contributed by atoms with Crippen molar-refractivity contribution in [3.63, 3.8) is 0 Å². The maximum Gasteiger partial charge on any atom is 0.304 e. The fourth-order valence-corrected chi connectivity index (χ4v) is 3.84. The van der Waals surface area contributed by atoms with Gasteiger partial charge in [0.2, 0.25) is 0 Å². The van der Waals surface area contributed by atoms with Gasteiger partial charge >= 0.3 is 5.97 Å². The second-order valence-corrected chi connectivity index (χ2v) is 7.28. The van der Waals surface area contributed by atoms with Crippen molar-refractivity contribution in [1.82, 2.24) is 4.90 Å². The first-order valence-electron chi connectivity index (χ1n) is 9.41. The zero-order valence-electron chi connectivity index (χ0n) is 15.1. The van der Waals surface area contributed by atoms with Crippen molar-refractivity contribution in [2.75, 3.05) is 32.8 Å². The van der Waals surface area contributed by atoms with Gasteiger partial charge in [0.15, 0.2) is 0 Å². The summed E-state index contributed by atoms with van der Waals surface area (Å²) in [6, 6.07) is 6.24. The number of hydrogen-bond donors (Lipinski definition) is 1. The van der Waals surface area contributed by atoms with Crippen LogP contribution in [0.25, 0.3) is 0 Å². The molecule has 0 unspecified atom stereocenters. The Morgan fingerprint density at radius 2 is 2.16 bits per heavy atom. The molecule has 0 aromatic heterocycles. The third kappa shape index (κ3) is 5.19. The summed E-state index contributed by atoms with van der Waals surface area (Å²) in [7, 11) is 0. The highest BCUT2D eigenvalue weighted by molar-refractivity contribution is 5.66. The quantitative estimate of drug-likeness (QED) is 0.819. The van der Waals surface area contributed by atoms with Gasteiger partial charge in [-0.1, -0.05) is 18.9 Å². The molecule has 2 aliphatic rings. The smallest absolute Gasteiger partial charge is 0.304 e. The molecule has 1 heterocycles. The molecule has 138 valence electrons. The largest absolute Gasteiger partial charge is 0.493 e. The van der Waals surface area contributed by atoms with Crippen LogP contribution in [0.3, 0.4) is 0 Å². The highest BCUT2D eigenvalue weighted by Crippen LogP contribution is 2.29. The van der Waals surface area contributed by atoms with Crippen molar-refractivity contribution in [3.8, 4) is 5.75 Å². The number of carbonyl (C=O) groups is 1. The third-order valence-electron chi connectivity index (χ3n) is 5.34. The molecular weight excluding hydrogens is 318 g/mol. The van der Waals surface area contributed by atoms with Crippen LogP contribution in [0.4, 0.5) is 0 Å².